The van der Waals surface area contributed by atoms with Crippen molar-refractivity contribution < 1.29 is 5.11 Å². The highest BCUT2D eigenvalue weighted by molar-refractivity contribution is 7.98. The van der Waals surface area contributed by atoms with E-state index in [1.165, 1.54) is 0 Å². The lowest BCUT2D eigenvalue weighted by atomic mass is 10.1. The maximum absolute atomic E-state index is 9.79. The Morgan fingerprint density at radius 1 is 1.25 bits per heavy atom. The lowest BCUT2D eigenvalue weighted by Crippen LogP contribution is -1.95. The van der Waals surface area contributed by atoms with E-state index in [0.29, 0.717) is 5.56 Å². The molecule has 0 aliphatic carbocycles. The molecule has 0 aliphatic heterocycles. The summed E-state index contributed by atoms with van der Waals surface area (Å²) in [5.74, 6) is 0.770. The number of hydrogen-bond acceptors (Lipinski definition) is 3. The molecular formula is C16H14ClNOS. The van der Waals surface area contributed by atoms with Crippen LogP contribution >= 0.6 is 23.4 Å². The van der Waals surface area contributed by atoms with Crippen LogP contribution < -0.4 is 0 Å². The smallest absolute Gasteiger partial charge is 0.0992 e. The summed E-state index contributed by atoms with van der Waals surface area (Å²) in [5, 5.41) is 19.5. The van der Waals surface area contributed by atoms with Gasteiger partial charge in [0.05, 0.1) is 17.7 Å². The van der Waals surface area contributed by atoms with Crippen LogP contribution in [0.25, 0.3) is 0 Å². The molecule has 0 saturated carbocycles. The van der Waals surface area contributed by atoms with Gasteiger partial charge in [0.25, 0.3) is 0 Å². The van der Waals surface area contributed by atoms with E-state index in [2.05, 4.69) is 6.07 Å². The van der Waals surface area contributed by atoms with Gasteiger partial charge in [-0.05, 0) is 42.3 Å². The van der Waals surface area contributed by atoms with Crippen LogP contribution in [0.5, 0.6) is 0 Å². The van der Waals surface area contributed by atoms with Crippen molar-refractivity contribution in [3.63, 3.8) is 0 Å². The van der Waals surface area contributed by atoms with Crippen molar-refractivity contribution in [3.05, 3.63) is 64.2 Å². The molecule has 0 aliphatic rings. The first-order chi connectivity index (χ1) is 9.60. The zero-order valence-electron chi connectivity index (χ0n) is 11.0. The molecule has 20 heavy (non-hydrogen) atoms. The molecule has 1 atom stereocenters. The van der Waals surface area contributed by atoms with Crippen LogP contribution in [0.15, 0.2) is 47.4 Å². The van der Waals surface area contributed by atoms with Crippen molar-refractivity contribution >= 4 is 23.4 Å². The average molecular weight is 304 g/mol. The minimum atomic E-state index is -0.546. The maximum Gasteiger partial charge on any atom is 0.0992 e. The fourth-order valence-corrected chi connectivity index (χ4v) is 3.07. The minimum absolute atomic E-state index is 0.546. The van der Waals surface area contributed by atoms with E-state index >= 15 is 0 Å². The third kappa shape index (κ3) is 3.77. The van der Waals surface area contributed by atoms with Gasteiger partial charge >= 0.3 is 0 Å². The van der Waals surface area contributed by atoms with Crippen molar-refractivity contribution in [2.45, 2.75) is 23.7 Å². The summed E-state index contributed by atoms with van der Waals surface area (Å²) in [6.45, 7) is 1.73. The second kappa shape index (κ2) is 6.81. The fourth-order valence-electron chi connectivity index (χ4n) is 1.82. The van der Waals surface area contributed by atoms with Crippen LogP contribution in [0.3, 0.4) is 0 Å². The minimum Gasteiger partial charge on any atom is -0.389 e. The molecule has 0 heterocycles. The molecule has 2 nitrogen and oxygen atoms in total. The molecule has 2 aromatic rings. The molecule has 102 valence electrons. The quantitative estimate of drug-likeness (QED) is 0.842. The van der Waals surface area contributed by atoms with Crippen LogP contribution in [0, 0.1) is 11.3 Å². The predicted octanol–water partition coefficient (Wildman–Crippen LogP) is 4.56. The summed E-state index contributed by atoms with van der Waals surface area (Å²) < 4.78 is 0. The van der Waals surface area contributed by atoms with Gasteiger partial charge in [0.2, 0.25) is 0 Å². The van der Waals surface area contributed by atoms with Gasteiger partial charge in [0, 0.05) is 15.7 Å². The van der Waals surface area contributed by atoms with E-state index in [1.807, 2.05) is 36.4 Å². The molecule has 0 saturated heterocycles. The summed E-state index contributed by atoms with van der Waals surface area (Å²) in [4.78, 5) is 0.939. The number of aliphatic hydroxyl groups excluding tert-OH is 1. The molecule has 0 unspecified atom stereocenters. The Hall–Kier alpha value is -1.47. The molecule has 2 aromatic carbocycles. The topological polar surface area (TPSA) is 44.0 Å². The first-order valence-corrected chi connectivity index (χ1v) is 7.56. The number of hydrogen-bond donors (Lipinski definition) is 1. The number of nitrogens with zero attached hydrogens (tertiary/aromatic N) is 1. The Kier molecular flexibility index (Phi) is 5.08. The van der Waals surface area contributed by atoms with Gasteiger partial charge in [-0.25, -0.2) is 0 Å². The highest BCUT2D eigenvalue weighted by atomic mass is 35.5. The molecule has 0 radical (unpaired) electrons. The first-order valence-electron chi connectivity index (χ1n) is 6.19. The monoisotopic (exact) mass is 303 g/mol. The van der Waals surface area contributed by atoms with Crippen molar-refractivity contribution in [2.75, 3.05) is 0 Å². The number of aliphatic hydroxyl groups is 1. The zero-order chi connectivity index (χ0) is 14.5. The zero-order valence-corrected chi connectivity index (χ0v) is 12.6. The summed E-state index contributed by atoms with van der Waals surface area (Å²) in [7, 11) is 0. The standard InChI is InChI=1S/C16H14ClNOS/c1-11(19)15-7-4-13(9-18)8-16(15)20-10-12-2-5-14(17)6-3-12/h2-8,11,19H,10H2,1H3/t11-/m1/s1. The van der Waals surface area contributed by atoms with E-state index in [0.717, 1.165) is 26.8 Å². The second-order valence-electron chi connectivity index (χ2n) is 4.46. The Bertz CT molecular complexity index is 632. The van der Waals surface area contributed by atoms with Crippen molar-refractivity contribution in [1.29, 1.82) is 5.26 Å². The molecule has 0 amide bonds. The lowest BCUT2D eigenvalue weighted by molar-refractivity contribution is 0.196. The van der Waals surface area contributed by atoms with Gasteiger partial charge in [0.1, 0.15) is 0 Å². The Labute approximate surface area is 128 Å². The van der Waals surface area contributed by atoms with Crippen molar-refractivity contribution in [1.82, 2.24) is 0 Å². The number of nitriles is 1. The SMILES string of the molecule is C[C@@H](O)c1ccc(C#N)cc1SCc1ccc(Cl)cc1. The van der Waals surface area contributed by atoms with Gasteiger partial charge in [0.15, 0.2) is 0 Å². The predicted molar refractivity (Wildman–Crippen MR) is 82.8 cm³/mol. The Balaban J connectivity index is 2.19. The molecule has 0 fully saturated rings. The van der Waals surface area contributed by atoms with Crippen molar-refractivity contribution in [2.24, 2.45) is 0 Å². The van der Waals surface area contributed by atoms with Crippen LogP contribution in [-0.4, -0.2) is 5.11 Å². The highest BCUT2D eigenvalue weighted by Gasteiger charge is 2.09. The van der Waals surface area contributed by atoms with Gasteiger partial charge in [-0.1, -0.05) is 29.8 Å². The van der Waals surface area contributed by atoms with Crippen LogP contribution in [-0.2, 0) is 5.75 Å². The maximum atomic E-state index is 9.79. The van der Waals surface area contributed by atoms with Gasteiger partial charge in [-0.2, -0.15) is 5.26 Å². The number of benzene rings is 2. The van der Waals surface area contributed by atoms with Crippen LogP contribution in [0.4, 0.5) is 0 Å². The largest absolute Gasteiger partial charge is 0.389 e. The van der Waals surface area contributed by atoms with E-state index in [4.69, 9.17) is 16.9 Å². The number of rotatable bonds is 4. The average Bonchev–Trinajstić information content (AvgIpc) is 2.46. The molecule has 0 aromatic heterocycles. The molecular weight excluding hydrogens is 290 g/mol. The second-order valence-corrected chi connectivity index (χ2v) is 5.91. The normalized spacial score (nSPS) is 11.9. The van der Waals surface area contributed by atoms with Crippen LogP contribution in [0.2, 0.25) is 5.02 Å². The third-order valence-corrected chi connectivity index (χ3v) is 4.29. The van der Waals surface area contributed by atoms with Gasteiger partial charge in [-0.3, -0.25) is 0 Å². The van der Waals surface area contributed by atoms with Gasteiger partial charge < -0.3 is 5.11 Å². The number of halogens is 1. The van der Waals surface area contributed by atoms with Crippen LogP contribution in [0.1, 0.15) is 29.7 Å². The van der Waals surface area contributed by atoms with E-state index in [1.54, 1.807) is 24.8 Å². The first kappa shape index (κ1) is 14.9. The van der Waals surface area contributed by atoms with Crippen molar-refractivity contribution in [3.8, 4) is 6.07 Å². The highest BCUT2D eigenvalue weighted by Crippen LogP contribution is 2.31. The summed E-state index contributed by atoms with van der Waals surface area (Å²) in [5.41, 5.74) is 2.61. The summed E-state index contributed by atoms with van der Waals surface area (Å²) >= 11 is 7.47. The van der Waals surface area contributed by atoms with Gasteiger partial charge in [-0.15, -0.1) is 11.8 Å². The fraction of sp³-hybridized carbons (Fsp3) is 0.188. The van der Waals surface area contributed by atoms with E-state index < -0.39 is 6.10 Å². The molecule has 1 N–H and O–H groups in total. The molecule has 0 spiro atoms. The van der Waals surface area contributed by atoms with E-state index in [9.17, 15) is 5.11 Å². The summed E-state index contributed by atoms with van der Waals surface area (Å²) in [6.07, 6.45) is -0.546. The molecule has 2 rings (SSSR count). The van der Waals surface area contributed by atoms with E-state index in [-0.39, 0.29) is 0 Å². The lowest BCUT2D eigenvalue weighted by Gasteiger charge is -2.12. The number of thioether (sulfide) groups is 1. The summed E-state index contributed by atoms with van der Waals surface area (Å²) in [6, 6.07) is 15.2. The molecule has 4 heteroatoms. The Morgan fingerprint density at radius 3 is 2.55 bits per heavy atom. The molecule has 0 bridgehead atoms. The third-order valence-electron chi connectivity index (χ3n) is 2.90. The Morgan fingerprint density at radius 2 is 1.95 bits per heavy atom.